The van der Waals surface area contributed by atoms with Crippen molar-refractivity contribution in [3.63, 3.8) is 0 Å². The van der Waals surface area contributed by atoms with Gasteiger partial charge in [0.25, 0.3) is 0 Å². The molecular weight excluding hydrogens is 373 g/mol. The summed E-state index contributed by atoms with van der Waals surface area (Å²) in [6, 6.07) is 4.03. The number of anilines is 1. The van der Waals surface area contributed by atoms with Crippen molar-refractivity contribution in [2.75, 3.05) is 24.5 Å². The molecule has 1 aliphatic heterocycles. The number of carbonyl (C=O) groups is 2. The van der Waals surface area contributed by atoms with Crippen LogP contribution in [-0.4, -0.2) is 42.4 Å². The lowest BCUT2D eigenvalue weighted by Crippen LogP contribution is -2.61. The van der Waals surface area contributed by atoms with Crippen LogP contribution in [-0.2, 0) is 15.8 Å². The molecule has 6 nitrogen and oxygen atoms in total. The molecule has 1 heterocycles. The second-order valence-electron chi connectivity index (χ2n) is 6.75. The number of carbonyl (C=O) groups excluding carboxylic acids is 2. The molecule has 0 spiro atoms. The number of nitriles is 1. The first kappa shape index (κ1) is 21.5. The van der Waals surface area contributed by atoms with Crippen molar-refractivity contribution < 1.29 is 22.8 Å². The maximum absolute atomic E-state index is 13.2. The number of hydrogen-bond donors (Lipinski definition) is 1. The molecule has 0 saturated carbocycles. The molecule has 1 aromatic rings. The fourth-order valence-corrected chi connectivity index (χ4v) is 3.46. The zero-order valence-corrected chi connectivity index (χ0v) is 15.8. The highest BCUT2D eigenvalue weighted by atomic mass is 19.4. The average molecular weight is 396 g/mol. The second-order valence-corrected chi connectivity index (χ2v) is 6.75. The number of halogens is 3. The van der Waals surface area contributed by atoms with Crippen LogP contribution in [0, 0.1) is 17.2 Å². The van der Waals surface area contributed by atoms with Crippen LogP contribution in [0.5, 0.6) is 0 Å². The van der Waals surface area contributed by atoms with E-state index in [0.717, 1.165) is 12.1 Å². The van der Waals surface area contributed by atoms with Crippen molar-refractivity contribution in [2.24, 2.45) is 11.7 Å². The lowest BCUT2D eigenvalue weighted by atomic mass is 9.99. The van der Waals surface area contributed by atoms with Gasteiger partial charge in [-0.2, -0.15) is 18.4 Å². The van der Waals surface area contributed by atoms with Crippen molar-refractivity contribution in [2.45, 2.75) is 38.9 Å². The smallest absolute Gasteiger partial charge is 0.368 e. The first-order valence-electron chi connectivity index (χ1n) is 9.10. The van der Waals surface area contributed by atoms with E-state index >= 15 is 0 Å². The third-order valence-corrected chi connectivity index (χ3v) is 5.12. The van der Waals surface area contributed by atoms with Crippen LogP contribution in [0.4, 0.5) is 18.9 Å². The number of nitrogens with zero attached hydrogens (tertiary/aromatic N) is 3. The summed E-state index contributed by atoms with van der Waals surface area (Å²) in [5, 5.41) is 8.92. The monoisotopic (exact) mass is 396 g/mol. The molecule has 1 aliphatic rings. The summed E-state index contributed by atoms with van der Waals surface area (Å²) in [4.78, 5) is 27.7. The number of primary amides is 1. The van der Waals surface area contributed by atoms with E-state index in [1.807, 2.05) is 13.8 Å². The Labute approximate surface area is 161 Å². The summed E-state index contributed by atoms with van der Waals surface area (Å²) in [6.45, 7) is 4.22. The van der Waals surface area contributed by atoms with Crippen molar-refractivity contribution in [3.8, 4) is 6.07 Å². The van der Waals surface area contributed by atoms with Crippen molar-refractivity contribution in [1.82, 2.24) is 4.90 Å². The molecule has 1 atom stereocenters. The Hall–Kier alpha value is -2.76. The predicted octanol–water partition coefficient (Wildman–Crippen LogP) is 2.52. The normalized spacial score (nSPS) is 17.5. The average Bonchev–Trinajstić information content (AvgIpc) is 2.67. The fraction of sp³-hybridized carbons (Fsp3) is 0.526. The van der Waals surface area contributed by atoms with Crippen LogP contribution in [0.2, 0.25) is 0 Å². The number of piperazine rings is 1. The molecule has 2 rings (SSSR count). The van der Waals surface area contributed by atoms with Crippen LogP contribution < -0.4 is 10.6 Å². The molecule has 1 saturated heterocycles. The SMILES string of the molecule is CCC(CC)C(=O)N1CCN(c2ccc(C#N)c(C(F)(F)F)c2)CC1C(N)=O. The first-order chi connectivity index (χ1) is 13.1. The number of nitrogens with two attached hydrogens (primary N) is 1. The molecule has 1 unspecified atom stereocenters. The maximum atomic E-state index is 13.2. The lowest BCUT2D eigenvalue weighted by Gasteiger charge is -2.42. The highest BCUT2D eigenvalue weighted by Gasteiger charge is 2.38. The largest absolute Gasteiger partial charge is 0.417 e. The molecule has 0 aromatic heterocycles. The maximum Gasteiger partial charge on any atom is 0.417 e. The molecular formula is C19H23F3N4O2. The van der Waals surface area contributed by atoms with Gasteiger partial charge in [-0.05, 0) is 31.0 Å². The van der Waals surface area contributed by atoms with Gasteiger partial charge in [0.15, 0.2) is 0 Å². The highest BCUT2D eigenvalue weighted by molar-refractivity contribution is 5.88. The first-order valence-corrected chi connectivity index (χ1v) is 9.10. The van der Waals surface area contributed by atoms with E-state index in [0.29, 0.717) is 12.8 Å². The van der Waals surface area contributed by atoms with Gasteiger partial charge in [-0.25, -0.2) is 0 Å². The van der Waals surface area contributed by atoms with Gasteiger partial charge in [0.1, 0.15) is 6.04 Å². The van der Waals surface area contributed by atoms with E-state index in [9.17, 15) is 22.8 Å². The number of alkyl halides is 3. The Morgan fingerprint density at radius 2 is 1.93 bits per heavy atom. The Kier molecular flexibility index (Phi) is 6.54. The molecule has 1 aromatic carbocycles. The Morgan fingerprint density at radius 1 is 1.29 bits per heavy atom. The standard InChI is InChI=1S/C19H23F3N4O2/c1-3-12(4-2)18(28)26-8-7-25(11-16(26)17(24)27)14-6-5-13(10-23)15(9-14)19(20,21)22/h5-6,9,12,16H,3-4,7-8,11H2,1-2H3,(H2,24,27). The zero-order chi connectivity index (χ0) is 21.1. The topological polar surface area (TPSA) is 90.4 Å². The minimum atomic E-state index is -4.67. The van der Waals surface area contributed by atoms with Crippen molar-refractivity contribution in [3.05, 3.63) is 29.3 Å². The minimum Gasteiger partial charge on any atom is -0.368 e. The number of amides is 2. The zero-order valence-electron chi connectivity index (χ0n) is 15.8. The van der Waals surface area contributed by atoms with Gasteiger partial charge < -0.3 is 15.5 Å². The summed E-state index contributed by atoms with van der Waals surface area (Å²) < 4.78 is 39.7. The molecule has 0 aliphatic carbocycles. The Morgan fingerprint density at radius 3 is 2.43 bits per heavy atom. The van der Waals surface area contributed by atoms with E-state index in [2.05, 4.69) is 0 Å². The van der Waals surface area contributed by atoms with Crippen LogP contribution in [0.15, 0.2) is 18.2 Å². The third-order valence-electron chi connectivity index (χ3n) is 5.12. The van der Waals surface area contributed by atoms with E-state index in [1.54, 1.807) is 11.0 Å². The van der Waals surface area contributed by atoms with E-state index in [4.69, 9.17) is 11.0 Å². The van der Waals surface area contributed by atoms with Gasteiger partial charge in [0, 0.05) is 31.2 Å². The lowest BCUT2D eigenvalue weighted by molar-refractivity contribution is -0.143. The molecule has 9 heteroatoms. The van der Waals surface area contributed by atoms with Gasteiger partial charge in [-0.1, -0.05) is 13.8 Å². The van der Waals surface area contributed by atoms with Crippen molar-refractivity contribution >= 4 is 17.5 Å². The molecule has 28 heavy (non-hydrogen) atoms. The van der Waals surface area contributed by atoms with Gasteiger partial charge in [-0.15, -0.1) is 0 Å². The van der Waals surface area contributed by atoms with E-state index in [-0.39, 0.29) is 37.1 Å². The number of hydrogen-bond acceptors (Lipinski definition) is 4. The van der Waals surface area contributed by atoms with E-state index < -0.39 is 29.3 Å². The summed E-state index contributed by atoms with van der Waals surface area (Å²) in [7, 11) is 0. The fourth-order valence-electron chi connectivity index (χ4n) is 3.46. The Balaban J connectivity index is 2.31. The molecule has 1 fully saturated rings. The van der Waals surface area contributed by atoms with Crippen molar-refractivity contribution in [1.29, 1.82) is 5.26 Å². The molecule has 0 radical (unpaired) electrons. The third kappa shape index (κ3) is 4.38. The molecule has 2 N–H and O–H groups in total. The van der Waals surface area contributed by atoms with E-state index in [1.165, 1.54) is 11.0 Å². The van der Waals surface area contributed by atoms with Gasteiger partial charge in [-0.3, -0.25) is 9.59 Å². The predicted molar refractivity (Wildman–Crippen MR) is 97.1 cm³/mol. The summed E-state index contributed by atoms with van der Waals surface area (Å²) in [5.41, 5.74) is 4.21. The molecule has 152 valence electrons. The van der Waals surface area contributed by atoms with Crippen LogP contribution in [0.1, 0.15) is 37.8 Å². The van der Waals surface area contributed by atoms with Gasteiger partial charge in [0.05, 0.1) is 17.2 Å². The van der Waals surface area contributed by atoms with Crippen LogP contribution in [0.25, 0.3) is 0 Å². The highest BCUT2D eigenvalue weighted by Crippen LogP contribution is 2.35. The number of benzene rings is 1. The molecule has 2 amide bonds. The van der Waals surface area contributed by atoms with Crippen LogP contribution in [0.3, 0.4) is 0 Å². The second kappa shape index (κ2) is 8.50. The summed E-state index contributed by atoms with van der Waals surface area (Å²) in [6.07, 6.45) is -3.41. The number of rotatable bonds is 5. The van der Waals surface area contributed by atoms with Crippen LogP contribution >= 0.6 is 0 Å². The molecule has 0 bridgehead atoms. The van der Waals surface area contributed by atoms with Gasteiger partial charge >= 0.3 is 6.18 Å². The quantitative estimate of drug-likeness (QED) is 0.828. The summed E-state index contributed by atoms with van der Waals surface area (Å²) in [5.74, 6) is -1.09. The van der Waals surface area contributed by atoms with Gasteiger partial charge in [0.2, 0.25) is 11.8 Å². The summed E-state index contributed by atoms with van der Waals surface area (Å²) >= 11 is 0. The Bertz CT molecular complexity index is 784. The minimum absolute atomic E-state index is 0.00438.